The minimum Gasteiger partial charge on any atom is -0.310 e. The van der Waals surface area contributed by atoms with E-state index in [1.165, 1.54) is 11.1 Å². The fraction of sp³-hybridized carbons (Fsp3) is 0.529. The molecule has 1 aromatic carbocycles. The molecule has 0 aliphatic rings. The Morgan fingerprint density at radius 3 is 2.32 bits per heavy atom. The van der Waals surface area contributed by atoms with Gasteiger partial charge in [0.15, 0.2) is 0 Å². The molecule has 0 amide bonds. The number of nitrogens with zero attached hydrogens (tertiary/aromatic N) is 1. The number of nitrogens with one attached hydrogen (secondary N) is 1. The SMILES string of the molecule is C=CCN(Cc1ccccc1CNC(C)C)C(C)C. The van der Waals surface area contributed by atoms with E-state index in [4.69, 9.17) is 0 Å². The van der Waals surface area contributed by atoms with E-state index < -0.39 is 0 Å². The van der Waals surface area contributed by atoms with Crippen molar-refractivity contribution in [1.29, 1.82) is 0 Å². The van der Waals surface area contributed by atoms with Crippen LogP contribution >= 0.6 is 0 Å². The third kappa shape index (κ3) is 5.58. The van der Waals surface area contributed by atoms with Crippen LogP contribution in [0.5, 0.6) is 0 Å². The minimum atomic E-state index is 0.516. The zero-order chi connectivity index (χ0) is 14.3. The molecule has 1 rings (SSSR count). The summed E-state index contributed by atoms with van der Waals surface area (Å²) in [6.45, 7) is 15.5. The van der Waals surface area contributed by atoms with Gasteiger partial charge in [-0.15, -0.1) is 6.58 Å². The van der Waals surface area contributed by atoms with Crippen LogP contribution in [0.1, 0.15) is 38.8 Å². The van der Waals surface area contributed by atoms with E-state index in [2.05, 4.69) is 68.8 Å². The van der Waals surface area contributed by atoms with Gasteiger partial charge in [-0.3, -0.25) is 4.90 Å². The molecular formula is C17H28N2. The summed E-state index contributed by atoms with van der Waals surface area (Å²) < 4.78 is 0. The van der Waals surface area contributed by atoms with Crippen molar-refractivity contribution in [2.75, 3.05) is 6.54 Å². The number of hydrogen-bond acceptors (Lipinski definition) is 2. The van der Waals surface area contributed by atoms with Crippen LogP contribution in [0.15, 0.2) is 36.9 Å². The summed E-state index contributed by atoms with van der Waals surface area (Å²) in [6, 6.07) is 9.74. The second kappa shape index (κ2) is 8.13. The Morgan fingerprint density at radius 1 is 1.16 bits per heavy atom. The summed E-state index contributed by atoms with van der Waals surface area (Å²) in [5, 5.41) is 3.50. The maximum absolute atomic E-state index is 3.85. The lowest BCUT2D eigenvalue weighted by Crippen LogP contribution is -2.31. The topological polar surface area (TPSA) is 15.3 Å². The van der Waals surface area contributed by atoms with Crippen molar-refractivity contribution >= 4 is 0 Å². The molecule has 0 unspecified atom stereocenters. The lowest BCUT2D eigenvalue weighted by atomic mass is 10.1. The molecular weight excluding hydrogens is 232 g/mol. The highest BCUT2D eigenvalue weighted by Crippen LogP contribution is 2.14. The summed E-state index contributed by atoms with van der Waals surface area (Å²) in [6.07, 6.45) is 1.98. The Kier molecular flexibility index (Phi) is 6.82. The first-order valence-electron chi connectivity index (χ1n) is 7.19. The van der Waals surface area contributed by atoms with E-state index in [9.17, 15) is 0 Å². The molecule has 0 aliphatic carbocycles. The van der Waals surface area contributed by atoms with Gasteiger partial charge in [0.1, 0.15) is 0 Å². The first-order chi connectivity index (χ1) is 9.04. The van der Waals surface area contributed by atoms with E-state index >= 15 is 0 Å². The van der Waals surface area contributed by atoms with Crippen LogP contribution in [0.3, 0.4) is 0 Å². The number of benzene rings is 1. The normalized spacial score (nSPS) is 11.5. The van der Waals surface area contributed by atoms with Gasteiger partial charge < -0.3 is 5.32 Å². The zero-order valence-corrected chi connectivity index (χ0v) is 12.8. The molecule has 0 saturated heterocycles. The predicted molar refractivity (Wildman–Crippen MR) is 84.2 cm³/mol. The molecule has 0 aromatic heterocycles. The average molecular weight is 260 g/mol. The van der Waals surface area contributed by atoms with Gasteiger partial charge in [-0.05, 0) is 25.0 Å². The summed E-state index contributed by atoms with van der Waals surface area (Å²) in [4.78, 5) is 2.43. The molecule has 0 saturated carbocycles. The molecule has 0 aliphatic heterocycles. The smallest absolute Gasteiger partial charge is 0.0242 e. The summed E-state index contributed by atoms with van der Waals surface area (Å²) in [7, 11) is 0. The monoisotopic (exact) mass is 260 g/mol. The average Bonchev–Trinajstić information content (AvgIpc) is 2.37. The van der Waals surface area contributed by atoms with Gasteiger partial charge in [-0.2, -0.15) is 0 Å². The van der Waals surface area contributed by atoms with Crippen molar-refractivity contribution in [2.24, 2.45) is 0 Å². The maximum atomic E-state index is 3.85. The molecule has 2 nitrogen and oxygen atoms in total. The van der Waals surface area contributed by atoms with Gasteiger partial charge in [0.25, 0.3) is 0 Å². The molecule has 19 heavy (non-hydrogen) atoms. The van der Waals surface area contributed by atoms with Crippen LogP contribution in [0.25, 0.3) is 0 Å². The summed E-state index contributed by atoms with van der Waals surface area (Å²) in [5.74, 6) is 0. The van der Waals surface area contributed by atoms with Crippen molar-refractivity contribution in [1.82, 2.24) is 10.2 Å². The lowest BCUT2D eigenvalue weighted by molar-refractivity contribution is 0.236. The lowest BCUT2D eigenvalue weighted by Gasteiger charge is -2.26. The van der Waals surface area contributed by atoms with E-state index in [1.54, 1.807) is 0 Å². The molecule has 0 spiro atoms. The standard InChI is InChI=1S/C17H28N2/c1-6-11-19(15(4)5)13-17-10-8-7-9-16(17)12-18-14(2)3/h6-10,14-15,18H,1,11-13H2,2-5H3. The highest BCUT2D eigenvalue weighted by Gasteiger charge is 2.10. The van der Waals surface area contributed by atoms with E-state index in [0.717, 1.165) is 19.6 Å². The molecule has 1 N–H and O–H groups in total. The quantitative estimate of drug-likeness (QED) is 0.719. The third-order valence-electron chi connectivity index (χ3n) is 3.29. The van der Waals surface area contributed by atoms with Crippen molar-refractivity contribution in [3.8, 4) is 0 Å². The molecule has 0 fully saturated rings. The largest absolute Gasteiger partial charge is 0.310 e. The summed E-state index contributed by atoms with van der Waals surface area (Å²) in [5.41, 5.74) is 2.80. The number of rotatable bonds is 8. The highest BCUT2D eigenvalue weighted by molar-refractivity contribution is 5.27. The van der Waals surface area contributed by atoms with Gasteiger partial charge in [0, 0.05) is 31.7 Å². The third-order valence-corrected chi connectivity index (χ3v) is 3.29. The molecule has 0 heterocycles. The molecule has 2 heteroatoms. The maximum Gasteiger partial charge on any atom is 0.0242 e. The Morgan fingerprint density at radius 2 is 1.79 bits per heavy atom. The Hall–Kier alpha value is -1.12. The Labute approximate surface area is 118 Å². The first-order valence-corrected chi connectivity index (χ1v) is 7.19. The fourth-order valence-corrected chi connectivity index (χ4v) is 2.04. The number of hydrogen-bond donors (Lipinski definition) is 1. The van der Waals surface area contributed by atoms with Crippen molar-refractivity contribution in [3.63, 3.8) is 0 Å². The second-order valence-electron chi connectivity index (χ2n) is 5.62. The molecule has 1 aromatic rings. The van der Waals surface area contributed by atoms with Gasteiger partial charge in [0.2, 0.25) is 0 Å². The Balaban J connectivity index is 2.78. The van der Waals surface area contributed by atoms with Crippen LogP contribution < -0.4 is 5.32 Å². The van der Waals surface area contributed by atoms with E-state index in [-0.39, 0.29) is 0 Å². The van der Waals surface area contributed by atoms with E-state index in [0.29, 0.717) is 12.1 Å². The van der Waals surface area contributed by atoms with Crippen molar-refractivity contribution in [3.05, 3.63) is 48.0 Å². The summed E-state index contributed by atoms with van der Waals surface area (Å²) >= 11 is 0. The Bertz CT molecular complexity index is 383. The predicted octanol–water partition coefficient (Wildman–Crippen LogP) is 3.58. The van der Waals surface area contributed by atoms with E-state index in [1.807, 2.05) is 6.08 Å². The van der Waals surface area contributed by atoms with Gasteiger partial charge >= 0.3 is 0 Å². The zero-order valence-electron chi connectivity index (χ0n) is 12.8. The van der Waals surface area contributed by atoms with Gasteiger partial charge in [0.05, 0.1) is 0 Å². The minimum absolute atomic E-state index is 0.516. The first kappa shape index (κ1) is 15.9. The van der Waals surface area contributed by atoms with Crippen molar-refractivity contribution in [2.45, 2.75) is 52.9 Å². The molecule has 0 radical (unpaired) electrons. The van der Waals surface area contributed by atoms with Crippen LogP contribution in [0, 0.1) is 0 Å². The van der Waals surface area contributed by atoms with Crippen LogP contribution in [-0.4, -0.2) is 23.5 Å². The van der Waals surface area contributed by atoms with Gasteiger partial charge in [-0.25, -0.2) is 0 Å². The van der Waals surface area contributed by atoms with Crippen molar-refractivity contribution < 1.29 is 0 Å². The van der Waals surface area contributed by atoms with Crippen LogP contribution in [0.4, 0.5) is 0 Å². The van der Waals surface area contributed by atoms with Crippen LogP contribution in [-0.2, 0) is 13.1 Å². The fourth-order valence-electron chi connectivity index (χ4n) is 2.04. The molecule has 0 atom stereocenters. The highest BCUT2D eigenvalue weighted by atomic mass is 15.1. The molecule has 0 bridgehead atoms. The van der Waals surface area contributed by atoms with Gasteiger partial charge in [-0.1, -0.05) is 44.2 Å². The molecule has 106 valence electrons. The van der Waals surface area contributed by atoms with Crippen LogP contribution in [0.2, 0.25) is 0 Å². The second-order valence-corrected chi connectivity index (χ2v) is 5.62.